The number of hydrogen-bond acceptors (Lipinski definition) is 4. The van der Waals surface area contributed by atoms with Crippen LogP contribution < -0.4 is 0 Å². The van der Waals surface area contributed by atoms with Gasteiger partial charge in [-0.1, -0.05) is 6.07 Å². The highest BCUT2D eigenvalue weighted by Gasteiger charge is 2.17. The average molecular weight is 257 g/mol. The van der Waals surface area contributed by atoms with Crippen molar-refractivity contribution in [2.24, 2.45) is 0 Å². The summed E-state index contributed by atoms with van der Waals surface area (Å²) >= 11 is 1.55. The van der Waals surface area contributed by atoms with E-state index in [4.69, 9.17) is 0 Å². The Labute approximate surface area is 108 Å². The number of pyridine rings is 1. The first-order valence-electron chi connectivity index (χ1n) is 5.50. The van der Waals surface area contributed by atoms with Crippen molar-refractivity contribution in [2.75, 3.05) is 0 Å². The fraction of sp³-hybridized carbons (Fsp3) is 0.0769. The minimum Gasteiger partial charge on any atom is -0.426 e. The largest absolute Gasteiger partial charge is 0.426 e. The molecule has 3 aromatic rings. The van der Waals surface area contributed by atoms with E-state index in [9.17, 15) is 5.21 Å². The molecular formula is C13H11N3OS. The third kappa shape index (κ3) is 1.69. The van der Waals surface area contributed by atoms with Gasteiger partial charge in [-0.05, 0) is 30.5 Å². The van der Waals surface area contributed by atoms with Gasteiger partial charge in [-0.2, -0.15) is 4.73 Å². The summed E-state index contributed by atoms with van der Waals surface area (Å²) in [6.45, 7) is 1.88. The van der Waals surface area contributed by atoms with Gasteiger partial charge < -0.3 is 5.21 Å². The molecule has 0 aliphatic rings. The summed E-state index contributed by atoms with van der Waals surface area (Å²) in [7, 11) is 0. The van der Waals surface area contributed by atoms with Crippen LogP contribution in [0, 0.1) is 6.92 Å². The molecule has 0 saturated heterocycles. The van der Waals surface area contributed by atoms with Crippen molar-refractivity contribution in [1.29, 1.82) is 0 Å². The lowest BCUT2D eigenvalue weighted by atomic mass is 10.2. The number of thiophene rings is 1. The quantitative estimate of drug-likeness (QED) is 0.717. The summed E-state index contributed by atoms with van der Waals surface area (Å²) in [5.41, 5.74) is 2.33. The number of hydrogen-bond donors (Lipinski definition) is 1. The SMILES string of the molecule is Cc1nc(-c2cccs2)n(O)c1-c1cccnc1. The van der Waals surface area contributed by atoms with Crippen LogP contribution in [0.5, 0.6) is 0 Å². The van der Waals surface area contributed by atoms with E-state index in [0.717, 1.165) is 20.9 Å². The number of aryl methyl sites for hydroxylation is 1. The van der Waals surface area contributed by atoms with E-state index in [-0.39, 0.29) is 0 Å². The molecule has 3 rings (SSSR count). The van der Waals surface area contributed by atoms with Crippen LogP contribution in [0.2, 0.25) is 0 Å². The van der Waals surface area contributed by atoms with Gasteiger partial charge in [0.25, 0.3) is 0 Å². The summed E-state index contributed by atoms with van der Waals surface area (Å²) in [4.78, 5) is 9.43. The summed E-state index contributed by atoms with van der Waals surface area (Å²) in [6.07, 6.45) is 3.42. The first-order chi connectivity index (χ1) is 8.77. The first kappa shape index (κ1) is 11.0. The normalized spacial score (nSPS) is 10.7. The fourth-order valence-electron chi connectivity index (χ4n) is 1.92. The minimum absolute atomic E-state index is 0.571. The molecule has 0 fully saturated rings. The molecule has 0 aromatic carbocycles. The van der Waals surface area contributed by atoms with E-state index in [1.807, 2.05) is 36.6 Å². The number of imidazole rings is 1. The zero-order chi connectivity index (χ0) is 12.5. The van der Waals surface area contributed by atoms with Gasteiger partial charge in [-0.15, -0.1) is 11.3 Å². The highest BCUT2D eigenvalue weighted by atomic mass is 32.1. The third-order valence-corrected chi connectivity index (χ3v) is 3.57. The monoisotopic (exact) mass is 257 g/mol. The van der Waals surface area contributed by atoms with Crippen LogP contribution in [0.15, 0.2) is 42.0 Å². The van der Waals surface area contributed by atoms with Crippen LogP contribution >= 0.6 is 11.3 Å². The first-order valence-corrected chi connectivity index (χ1v) is 6.38. The molecule has 0 aliphatic heterocycles. The van der Waals surface area contributed by atoms with Crippen molar-refractivity contribution in [2.45, 2.75) is 6.92 Å². The topological polar surface area (TPSA) is 50.9 Å². The average Bonchev–Trinajstić information content (AvgIpc) is 2.99. The van der Waals surface area contributed by atoms with Gasteiger partial charge >= 0.3 is 0 Å². The zero-order valence-corrected chi connectivity index (χ0v) is 10.6. The van der Waals surface area contributed by atoms with Gasteiger partial charge in [0.15, 0.2) is 5.82 Å². The molecule has 0 spiro atoms. The second-order valence-electron chi connectivity index (χ2n) is 3.90. The Morgan fingerprint density at radius 1 is 1.28 bits per heavy atom. The number of aromatic nitrogens is 3. The zero-order valence-electron chi connectivity index (χ0n) is 9.74. The maximum absolute atomic E-state index is 10.3. The second-order valence-corrected chi connectivity index (χ2v) is 4.85. The molecule has 0 aliphatic carbocycles. The smallest absolute Gasteiger partial charge is 0.186 e. The molecule has 3 aromatic heterocycles. The van der Waals surface area contributed by atoms with Crippen LogP contribution in [-0.4, -0.2) is 19.9 Å². The van der Waals surface area contributed by atoms with Crippen LogP contribution in [0.3, 0.4) is 0 Å². The van der Waals surface area contributed by atoms with Crippen LogP contribution in [-0.2, 0) is 0 Å². The fourth-order valence-corrected chi connectivity index (χ4v) is 2.62. The Morgan fingerprint density at radius 3 is 2.83 bits per heavy atom. The van der Waals surface area contributed by atoms with Gasteiger partial charge in [0.2, 0.25) is 0 Å². The molecule has 0 saturated carbocycles. The molecule has 5 heteroatoms. The van der Waals surface area contributed by atoms with Crippen LogP contribution in [0.1, 0.15) is 5.69 Å². The highest BCUT2D eigenvalue weighted by Crippen LogP contribution is 2.30. The molecule has 0 atom stereocenters. The van der Waals surface area contributed by atoms with E-state index in [2.05, 4.69) is 9.97 Å². The summed E-state index contributed by atoms with van der Waals surface area (Å²) in [6, 6.07) is 7.62. The van der Waals surface area contributed by atoms with Crippen molar-refractivity contribution in [3.8, 4) is 22.0 Å². The maximum Gasteiger partial charge on any atom is 0.186 e. The molecule has 4 nitrogen and oxygen atoms in total. The van der Waals surface area contributed by atoms with Crippen molar-refractivity contribution in [3.05, 3.63) is 47.7 Å². The Hall–Kier alpha value is -2.14. The molecule has 0 bridgehead atoms. The minimum atomic E-state index is 0.571. The second kappa shape index (κ2) is 4.27. The Bertz CT molecular complexity index is 659. The Balaban J connectivity index is 2.18. The standard InChI is InChI=1S/C13H11N3OS/c1-9-12(10-4-2-6-14-8-10)16(17)13(15-9)11-5-3-7-18-11/h2-8,17H,1H3. The van der Waals surface area contributed by atoms with Gasteiger partial charge in [0.1, 0.15) is 5.69 Å². The number of nitrogens with zero attached hydrogens (tertiary/aromatic N) is 3. The van der Waals surface area contributed by atoms with Gasteiger partial charge in [-0.25, -0.2) is 4.98 Å². The number of rotatable bonds is 2. The Morgan fingerprint density at radius 2 is 2.17 bits per heavy atom. The lowest BCUT2D eigenvalue weighted by Gasteiger charge is -2.03. The van der Waals surface area contributed by atoms with Crippen LogP contribution in [0.4, 0.5) is 0 Å². The van der Waals surface area contributed by atoms with Crippen molar-refractivity contribution >= 4 is 11.3 Å². The van der Waals surface area contributed by atoms with E-state index in [1.54, 1.807) is 23.7 Å². The molecule has 3 heterocycles. The van der Waals surface area contributed by atoms with E-state index < -0.39 is 0 Å². The van der Waals surface area contributed by atoms with Gasteiger partial charge in [-0.3, -0.25) is 4.98 Å². The van der Waals surface area contributed by atoms with Gasteiger partial charge in [0, 0.05) is 18.0 Å². The summed E-state index contributed by atoms with van der Waals surface area (Å²) < 4.78 is 1.14. The molecule has 0 amide bonds. The highest BCUT2D eigenvalue weighted by molar-refractivity contribution is 7.13. The van der Waals surface area contributed by atoms with Crippen molar-refractivity contribution in [1.82, 2.24) is 14.7 Å². The summed E-state index contributed by atoms with van der Waals surface area (Å²) in [5, 5.41) is 12.2. The van der Waals surface area contributed by atoms with E-state index in [1.165, 1.54) is 0 Å². The molecule has 18 heavy (non-hydrogen) atoms. The molecule has 1 N–H and O–H groups in total. The van der Waals surface area contributed by atoms with Crippen molar-refractivity contribution < 1.29 is 5.21 Å². The molecular weight excluding hydrogens is 246 g/mol. The maximum atomic E-state index is 10.3. The molecule has 90 valence electrons. The third-order valence-electron chi connectivity index (χ3n) is 2.71. The van der Waals surface area contributed by atoms with Crippen LogP contribution in [0.25, 0.3) is 22.0 Å². The van der Waals surface area contributed by atoms with Crippen molar-refractivity contribution in [3.63, 3.8) is 0 Å². The van der Waals surface area contributed by atoms with Gasteiger partial charge in [0.05, 0.1) is 10.6 Å². The predicted molar refractivity (Wildman–Crippen MR) is 70.7 cm³/mol. The van der Waals surface area contributed by atoms with E-state index in [0.29, 0.717) is 11.5 Å². The van der Waals surface area contributed by atoms with E-state index >= 15 is 0 Å². The Kier molecular flexibility index (Phi) is 2.60. The lowest BCUT2D eigenvalue weighted by molar-refractivity contribution is 0.195. The predicted octanol–water partition coefficient (Wildman–Crippen LogP) is 3.22. The lowest BCUT2D eigenvalue weighted by Crippen LogP contribution is -1.96. The molecule has 0 radical (unpaired) electrons. The molecule has 0 unspecified atom stereocenters. The summed E-state index contributed by atoms with van der Waals surface area (Å²) in [5.74, 6) is 0.571.